The number of hydrogen-bond donors (Lipinski definition) is 1. The Morgan fingerprint density at radius 2 is 2.12 bits per heavy atom. The maximum absolute atomic E-state index is 3.76. The van der Waals surface area contributed by atoms with E-state index in [1.165, 1.54) is 29.5 Å². The van der Waals surface area contributed by atoms with Gasteiger partial charge in [0.05, 0.1) is 0 Å². The molecule has 1 nitrogen and oxygen atoms in total. The van der Waals surface area contributed by atoms with Crippen LogP contribution in [0.4, 0.5) is 0 Å². The summed E-state index contributed by atoms with van der Waals surface area (Å²) < 4.78 is 0. The van der Waals surface area contributed by atoms with Crippen LogP contribution >= 0.6 is 0 Å². The highest BCUT2D eigenvalue weighted by Gasteiger charge is 2.10. The molecule has 16 heavy (non-hydrogen) atoms. The summed E-state index contributed by atoms with van der Waals surface area (Å²) in [6.45, 7) is 8.10. The molecule has 0 aromatic heterocycles. The van der Waals surface area contributed by atoms with Crippen molar-refractivity contribution in [3.8, 4) is 0 Å². The molecular weight excluding hydrogens is 194 g/mol. The lowest BCUT2D eigenvalue weighted by molar-refractivity contribution is 0.528. The molecule has 1 atom stereocenters. The summed E-state index contributed by atoms with van der Waals surface area (Å²) in [6, 6.07) is 7.17. The smallest absolute Gasteiger partial charge is 0.0320 e. The van der Waals surface area contributed by atoms with Crippen LogP contribution in [-0.4, -0.2) is 7.05 Å². The minimum atomic E-state index is 0.473. The molecule has 0 saturated carbocycles. The van der Waals surface area contributed by atoms with Gasteiger partial charge in [0, 0.05) is 6.04 Å². The second-order valence-electron chi connectivity index (χ2n) is 4.42. The number of rotatable bonds is 6. The van der Waals surface area contributed by atoms with Crippen LogP contribution in [0.25, 0.3) is 0 Å². The Balaban J connectivity index is 2.74. The number of allylic oxidation sites excluding steroid dienone is 1. The van der Waals surface area contributed by atoms with E-state index in [9.17, 15) is 0 Å². The molecule has 0 fully saturated rings. The van der Waals surface area contributed by atoms with Crippen LogP contribution in [0.3, 0.4) is 0 Å². The monoisotopic (exact) mass is 217 g/mol. The Hall–Kier alpha value is -1.08. The maximum atomic E-state index is 3.76. The normalized spacial score (nSPS) is 12.4. The Morgan fingerprint density at radius 1 is 1.38 bits per heavy atom. The zero-order chi connectivity index (χ0) is 12.0. The molecule has 0 spiro atoms. The lowest BCUT2D eigenvalue weighted by atomic mass is 9.95. The molecule has 0 amide bonds. The topological polar surface area (TPSA) is 12.0 Å². The van der Waals surface area contributed by atoms with Gasteiger partial charge in [-0.15, -0.1) is 6.58 Å². The molecule has 1 unspecified atom stereocenters. The molecule has 1 aromatic rings. The summed E-state index contributed by atoms with van der Waals surface area (Å²) in [6.07, 6.45) is 5.46. The van der Waals surface area contributed by atoms with Crippen LogP contribution in [0.2, 0.25) is 0 Å². The molecule has 0 aliphatic rings. The number of benzene rings is 1. The highest BCUT2D eigenvalue weighted by molar-refractivity contribution is 5.32. The first-order valence-corrected chi connectivity index (χ1v) is 6.04. The summed E-state index contributed by atoms with van der Waals surface area (Å²) in [5.74, 6) is 0. The summed E-state index contributed by atoms with van der Waals surface area (Å²) in [4.78, 5) is 0. The fourth-order valence-corrected chi connectivity index (χ4v) is 2.14. The zero-order valence-electron chi connectivity index (χ0n) is 10.7. The molecule has 0 radical (unpaired) electrons. The van der Waals surface area contributed by atoms with E-state index >= 15 is 0 Å². The average Bonchev–Trinajstić information content (AvgIpc) is 2.26. The van der Waals surface area contributed by atoms with E-state index in [1.54, 1.807) is 0 Å². The van der Waals surface area contributed by atoms with Gasteiger partial charge >= 0.3 is 0 Å². The van der Waals surface area contributed by atoms with Crippen LogP contribution < -0.4 is 5.32 Å². The van der Waals surface area contributed by atoms with Gasteiger partial charge < -0.3 is 5.32 Å². The van der Waals surface area contributed by atoms with Gasteiger partial charge in [-0.25, -0.2) is 0 Å². The van der Waals surface area contributed by atoms with Gasteiger partial charge in [0.2, 0.25) is 0 Å². The average molecular weight is 217 g/mol. The van der Waals surface area contributed by atoms with Gasteiger partial charge in [-0.2, -0.15) is 0 Å². The molecule has 1 aromatic carbocycles. The van der Waals surface area contributed by atoms with Gasteiger partial charge in [0.15, 0.2) is 0 Å². The maximum Gasteiger partial charge on any atom is 0.0320 e. The van der Waals surface area contributed by atoms with Crippen molar-refractivity contribution in [2.75, 3.05) is 7.05 Å². The number of hydrogen-bond acceptors (Lipinski definition) is 1. The van der Waals surface area contributed by atoms with Gasteiger partial charge in [-0.05, 0) is 51.3 Å². The zero-order valence-corrected chi connectivity index (χ0v) is 10.7. The molecule has 88 valence electrons. The standard InChI is InChI=1S/C15H23N/c1-5-6-7-8-15(16-4)14-10-9-12(2)11-13(14)3/h5,9-11,15-16H,1,6-8H2,2-4H3. The second-order valence-corrected chi connectivity index (χ2v) is 4.42. The number of aryl methyl sites for hydroxylation is 2. The van der Waals surface area contributed by atoms with Gasteiger partial charge in [-0.3, -0.25) is 0 Å². The van der Waals surface area contributed by atoms with Crippen LogP contribution in [0.5, 0.6) is 0 Å². The van der Waals surface area contributed by atoms with Crippen molar-refractivity contribution in [1.29, 1.82) is 0 Å². The van der Waals surface area contributed by atoms with Crippen molar-refractivity contribution in [2.24, 2.45) is 0 Å². The third kappa shape index (κ3) is 3.49. The van der Waals surface area contributed by atoms with E-state index in [0.29, 0.717) is 6.04 Å². The highest BCUT2D eigenvalue weighted by atomic mass is 14.9. The van der Waals surface area contributed by atoms with Crippen LogP contribution in [0.1, 0.15) is 42.0 Å². The summed E-state index contributed by atoms with van der Waals surface area (Å²) in [5, 5.41) is 3.40. The van der Waals surface area contributed by atoms with Gasteiger partial charge in [-0.1, -0.05) is 29.8 Å². The SMILES string of the molecule is C=CCCCC(NC)c1ccc(C)cc1C. The van der Waals surface area contributed by atoms with E-state index < -0.39 is 0 Å². The Bertz CT molecular complexity index is 341. The van der Waals surface area contributed by atoms with E-state index in [4.69, 9.17) is 0 Å². The van der Waals surface area contributed by atoms with E-state index in [2.05, 4.69) is 43.9 Å². The Labute approximate surface area is 99.6 Å². The third-order valence-electron chi connectivity index (χ3n) is 3.05. The second kappa shape index (κ2) is 6.49. The minimum absolute atomic E-state index is 0.473. The van der Waals surface area contributed by atoms with Gasteiger partial charge in [0.1, 0.15) is 0 Å². The first-order valence-electron chi connectivity index (χ1n) is 6.04. The molecular formula is C15H23N. The summed E-state index contributed by atoms with van der Waals surface area (Å²) in [5.41, 5.74) is 4.15. The predicted octanol–water partition coefficient (Wildman–Crippen LogP) is 3.92. The highest BCUT2D eigenvalue weighted by Crippen LogP contribution is 2.23. The molecule has 1 heteroatoms. The molecule has 1 N–H and O–H groups in total. The quantitative estimate of drug-likeness (QED) is 0.562. The van der Waals surface area contributed by atoms with E-state index in [1.807, 2.05) is 13.1 Å². The fraction of sp³-hybridized carbons (Fsp3) is 0.467. The van der Waals surface area contributed by atoms with Crippen LogP contribution in [0.15, 0.2) is 30.9 Å². The molecule has 0 saturated heterocycles. The fourth-order valence-electron chi connectivity index (χ4n) is 2.14. The number of nitrogens with one attached hydrogen (secondary N) is 1. The summed E-state index contributed by atoms with van der Waals surface area (Å²) >= 11 is 0. The number of unbranched alkanes of at least 4 members (excludes halogenated alkanes) is 1. The minimum Gasteiger partial charge on any atom is -0.313 e. The first kappa shape index (κ1) is 13.0. The molecule has 1 rings (SSSR count). The molecule has 0 aliphatic heterocycles. The lowest BCUT2D eigenvalue weighted by Crippen LogP contribution is -2.17. The Kier molecular flexibility index (Phi) is 5.27. The first-order chi connectivity index (χ1) is 7.69. The Morgan fingerprint density at radius 3 is 2.69 bits per heavy atom. The van der Waals surface area contributed by atoms with E-state index in [0.717, 1.165) is 6.42 Å². The van der Waals surface area contributed by atoms with E-state index in [-0.39, 0.29) is 0 Å². The van der Waals surface area contributed by atoms with Gasteiger partial charge in [0.25, 0.3) is 0 Å². The third-order valence-corrected chi connectivity index (χ3v) is 3.05. The lowest BCUT2D eigenvalue weighted by Gasteiger charge is -2.19. The van der Waals surface area contributed by atoms with Crippen molar-refractivity contribution in [3.05, 3.63) is 47.5 Å². The summed E-state index contributed by atoms with van der Waals surface area (Å²) in [7, 11) is 2.04. The van der Waals surface area contributed by atoms with Crippen LogP contribution in [-0.2, 0) is 0 Å². The van der Waals surface area contributed by atoms with Crippen LogP contribution in [0, 0.1) is 13.8 Å². The van der Waals surface area contributed by atoms with Crippen molar-refractivity contribution < 1.29 is 0 Å². The molecule has 0 heterocycles. The predicted molar refractivity (Wildman–Crippen MR) is 71.8 cm³/mol. The van der Waals surface area contributed by atoms with Crippen molar-refractivity contribution in [1.82, 2.24) is 5.32 Å². The molecule has 0 aliphatic carbocycles. The van der Waals surface area contributed by atoms with Crippen molar-refractivity contribution >= 4 is 0 Å². The largest absolute Gasteiger partial charge is 0.313 e. The van der Waals surface area contributed by atoms with Crippen molar-refractivity contribution in [2.45, 2.75) is 39.2 Å². The molecule has 0 bridgehead atoms. The van der Waals surface area contributed by atoms with Crippen molar-refractivity contribution in [3.63, 3.8) is 0 Å².